The number of imidazole rings is 1. The molecular weight excluding hydrogens is 269 g/mol. The Bertz CT molecular complexity index is 626. The molecule has 1 aliphatic rings. The summed E-state index contributed by atoms with van der Waals surface area (Å²) in [7, 11) is 1.49. The highest BCUT2D eigenvalue weighted by molar-refractivity contribution is 5.31. The lowest BCUT2D eigenvalue weighted by Crippen LogP contribution is -2.24. The van der Waals surface area contributed by atoms with E-state index in [1.54, 1.807) is 6.07 Å². The normalized spacial score (nSPS) is 19.1. The van der Waals surface area contributed by atoms with Gasteiger partial charge < -0.3 is 9.72 Å². The van der Waals surface area contributed by atoms with Gasteiger partial charge in [-0.15, -0.1) is 0 Å². The van der Waals surface area contributed by atoms with Gasteiger partial charge in [0, 0.05) is 24.0 Å². The number of rotatable bonds is 4. The van der Waals surface area contributed by atoms with Crippen LogP contribution in [-0.2, 0) is 6.54 Å². The summed E-state index contributed by atoms with van der Waals surface area (Å²) in [6.45, 7) is 3.53. The fraction of sp³-hybridized carbons (Fsp3) is 0.438. The van der Waals surface area contributed by atoms with Gasteiger partial charge in [0.1, 0.15) is 5.82 Å². The summed E-state index contributed by atoms with van der Waals surface area (Å²) in [6, 6.07) is 5.54. The number of aromatic amines is 1. The third-order valence-electron chi connectivity index (χ3n) is 4.04. The molecule has 0 amide bonds. The van der Waals surface area contributed by atoms with Crippen molar-refractivity contribution in [3.8, 4) is 5.75 Å². The number of benzene rings is 1. The number of aryl methyl sites for hydroxylation is 1. The van der Waals surface area contributed by atoms with E-state index in [-0.39, 0.29) is 11.9 Å². The Morgan fingerprint density at radius 1 is 1.48 bits per heavy atom. The minimum atomic E-state index is -0.263. The molecule has 0 radical (unpaired) electrons. The van der Waals surface area contributed by atoms with E-state index in [4.69, 9.17) is 4.74 Å². The first-order valence-corrected chi connectivity index (χ1v) is 7.26. The maximum Gasteiger partial charge on any atom is 0.169 e. The third kappa shape index (κ3) is 2.78. The van der Waals surface area contributed by atoms with Crippen molar-refractivity contribution in [1.29, 1.82) is 0 Å². The number of hydrogen-bond acceptors (Lipinski definition) is 3. The van der Waals surface area contributed by atoms with Gasteiger partial charge in [0.15, 0.2) is 11.6 Å². The summed E-state index contributed by atoms with van der Waals surface area (Å²) in [5.41, 5.74) is 1.73. The van der Waals surface area contributed by atoms with E-state index in [1.165, 1.54) is 7.11 Å². The Morgan fingerprint density at radius 3 is 3.05 bits per heavy atom. The molecule has 2 aromatic rings. The van der Waals surface area contributed by atoms with Crippen LogP contribution in [0.15, 0.2) is 24.4 Å². The topological polar surface area (TPSA) is 41.1 Å². The predicted molar refractivity (Wildman–Crippen MR) is 78.7 cm³/mol. The van der Waals surface area contributed by atoms with Crippen molar-refractivity contribution < 1.29 is 9.13 Å². The number of nitrogens with one attached hydrogen (secondary N) is 1. The first kappa shape index (κ1) is 14.1. The number of hydrogen-bond donors (Lipinski definition) is 1. The van der Waals surface area contributed by atoms with Crippen molar-refractivity contribution >= 4 is 0 Å². The van der Waals surface area contributed by atoms with Crippen LogP contribution in [0.3, 0.4) is 0 Å². The molecule has 3 rings (SSSR count). The van der Waals surface area contributed by atoms with Crippen LogP contribution >= 0.6 is 0 Å². The van der Waals surface area contributed by atoms with Crippen molar-refractivity contribution in [3.05, 3.63) is 47.3 Å². The smallest absolute Gasteiger partial charge is 0.169 e. The highest BCUT2D eigenvalue weighted by Crippen LogP contribution is 2.32. The second-order valence-corrected chi connectivity index (χ2v) is 5.51. The number of nitrogens with zero attached hydrogens (tertiary/aromatic N) is 2. The summed E-state index contributed by atoms with van der Waals surface area (Å²) < 4.78 is 19.3. The predicted octanol–water partition coefficient (Wildman–Crippen LogP) is 3.20. The van der Waals surface area contributed by atoms with Gasteiger partial charge in [-0.3, -0.25) is 4.90 Å². The number of methoxy groups -OCH3 is 1. The molecule has 0 bridgehead atoms. The summed E-state index contributed by atoms with van der Waals surface area (Å²) >= 11 is 0. The second-order valence-electron chi connectivity index (χ2n) is 5.51. The number of aromatic nitrogens is 2. The number of H-pyrrole nitrogens is 1. The zero-order chi connectivity index (χ0) is 14.8. The first-order valence-electron chi connectivity index (χ1n) is 7.26. The van der Waals surface area contributed by atoms with Crippen molar-refractivity contribution in [2.45, 2.75) is 32.4 Å². The molecule has 1 aromatic heterocycles. The van der Waals surface area contributed by atoms with E-state index in [0.29, 0.717) is 17.9 Å². The first-order chi connectivity index (χ1) is 10.2. The van der Waals surface area contributed by atoms with Gasteiger partial charge in [0.05, 0.1) is 13.2 Å². The Labute approximate surface area is 124 Å². The quantitative estimate of drug-likeness (QED) is 0.939. The van der Waals surface area contributed by atoms with Gasteiger partial charge in [-0.25, -0.2) is 9.37 Å². The molecule has 0 unspecified atom stereocenters. The minimum absolute atomic E-state index is 0.240. The molecule has 112 valence electrons. The molecular formula is C16H20FN3O. The van der Waals surface area contributed by atoms with Crippen molar-refractivity contribution in [3.63, 3.8) is 0 Å². The van der Waals surface area contributed by atoms with Crippen LogP contribution < -0.4 is 4.74 Å². The lowest BCUT2D eigenvalue weighted by atomic mass is 10.1. The standard InChI is InChI=1S/C16H20FN3O/c1-11-9-18-16(19-11)13-6-4-8-20(13)10-12-5-3-7-14(21-2)15(12)17/h3,5,7,9,13H,4,6,8,10H2,1-2H3,(H,18,19)/t13-/m1/s1. The van der Waals surface area contributed by atoms with Crippen LogP contribution in [0.4, 0.5) is 4.39 Å². The molecule has 0 spiro atoms. The SMILES string of the molecule is COc1cccc(CN2CCC[C@@H]2c2ncc(C)[nH]2)c1F. The van der Waals surface area contributed by atoms with Crippen molar-refractivity contribution in [1.82, 2.24) is 14.9 Å². The van der Waals surface area contributed by atoms with Gasteiger partial charge in [-0.1, -0.05) is 12.1 Å². The van der Waals surface area contributed by atoms with Crippen LogP contribution in [0.25, 0.3) is 0 Å². The van der Waals surface area contributed by atoms with E-state index in [0.717, 1.165) is 30.9 Å². The zero-order valence-electron chi connectivity index (χ0n) is 12.4. The largest absolute Gasteiger partial charge is 0.494 e. The van der Waals surface area contributed by atoms with Gasteiger partial charge >= 0.3 is 0 Å². The van der Waals surface area contributed by atoms with E-state index in [1.807, 2.05) is 25.3 Å². The van der Waals surface area contributed by atoms with Crippen LogP contribution in [0.1, 0.15) is 36.0 Å². The van der Waals surface area contributed by atoms with Crippen molar-refractivity contribution in [2.75, 3.05) is 13.7 Å². The Hall–Kier alpha value is -1.88. The Morgan fingerprint density at radius 2 is 2.33 bits per heavy atom. The Balaban J connectivity index is 1.81. The molecule has 1 fully saturated rings. The van der Waals surface area contributed by atoms with Crippen LogP contribution in [0.5, 0.6) is 5.75 Å². The maximum absolute atomic E-state index is 14.3. The molecule has 1 saturated heterocycles. The Kier molecular flexibility index (Phi) is 3.92. The maximum atomic E-state index is 14.3. The fourth-order valence-electron chi connectivity index (χ4n) is 2.98. The molecule has 1 N–H and O–H groups in total. The van der Waals surface area contributed by atoms with Crippen molar-refractivity contribution in [2.24, 2.45) is 0 Å². The average Bonchev–Trinajstić information content (AvgIpc) is 3.10. The number of halogens is 1. The molecule has 21 heavy (non-hydrogen) atoms. The fourth-order valence-corrected chi connectivity index (χ4v) is 2.98. The third-order valence-corrected chi connectivity index (χ3v) is 4.04. The molecule has 1 aromatic carbocycles. The van der Waals surface area contributed by atoms with Crippen LogP contribution in [-0.4, -0.2) is 28.5 Å². The van der Waals surface area contributed by atoms with E-state index in [2.05, 4.69) is 14.9 Å². The molecule has 4 nitrogen and oxygen atoms in total. The second kappa shape index (κ2) is 5.85. The number of ether oxygens (including phenoxy) is 1. The van der Waals surface area contributed by atoms with Gasteiger partial charge in [0.2, 0.25) is 0 Å². The molecule has 0 saturated carbocycles. The molecule has 2 heterocycles. The molecule has 5 heteroatoms. The molecule has 1 atom stereocenters. The summed E-state index contributed by atoms with van der Waals surface area (Å²) in [6.07, 6.45) is 4.01. The van der Waals surface area contributed by atoms with Gasteiger partial charge in [-0.2, -0.15) is 0 Å². The van der Waals surface area contributed by atoms with Crippen LogP contribution in [0, 0.1) is 12.7 Å². The average molecular weight is 289 g/mol. The summed E-state index contributed by atoms with van der Waals surface area (Å²) in [5, 5.41) is 0. The zero-order valence-corrected chi connectivity index (χ0v) is 12.4. The summed E-state index contributed by atoms with van der Waals surface area (Å²) in [5.74, 6) is 1.02. The monoisotopic (exact) mass is 289 g/mol. The lowest BCUT2D eigenvalue weighted by molar-refractivity contribution is 0.236. The van der Waals surface area contributed by atoms with Crippen LogP contribution in [0.2, 0.25) is 0 Å². The molecule has 1 aliphatic heterocycles. The number of likely N-dealkylation sites (tertiary alicyclic amines) is 1. The van der Waals surface area contributed by atoms with E-state index in [9.17, 15) is 4.39 Å². The highest BCUT2D eigenvalue weighted by Gasteiger charge is 2.28. The van der Waals surface area contributed by atoms with E-state index >= 15 is 0 Å². The highest BCUT2D eigenvalue weighted by atomic mass is 19.1. The minimum Gasteiger partial charge on any atom is -0.494 e. The van der Waals surface area contributed by atoms with E-state index < -0.39 is 0 Å². The molecule has 0 aliphatic carbocycles. The van der Waals surface area contributed by atoms with Gasteiger partial charge in [0.25, 0.3) is 0 Å². The lowest BCUT2D eigenvalue weighted by Gasteiger charge is -2.23. The summed E-state index contributed by atoms with van der Waals surface area (Å²) in [4.78, 5) is 10.0. The van der Waals surface area contributed by atoms with Gasteiger partial charge in [-0.05, 0) is 32.4 Å².